The molecule has 2 aromatic heterocycles. The highest BCUT2D eigenvalue weighted by Crippen LogP contribution is 2.44. The summed E-state index contributed by atoms with van der Waals surface area (Å²) in [6, 6.07) is 0.473. The molecule has 10 nitrogen and oxygen atoms in total. The minimum absolute atomic E-state index is 0.149. The molecule has 2 saturated carbocycles. The van der Waals surface area contributed by atoms with Gasteiger partial charge in [0, 0.05) is 32.3 Å². The number of hydrogen-bond donors (Lipinski definition) is 4. The lowest BCUT2D eigenvalue weighted by Crippen LogP contribution is -2.33. The van der Waals surface area contributed by atoms with E-state index in [0.717, 1.165) is 6.92 Å². The lowest BCUT2D eigenvalue weighted by atomic mass is 10.1. The van der Waals surface area contributed by atoms with Crippen molar-refractivity contribution in [3.63, 3.8) is 0 Å². The molecule has 12 heteroatoms. The molecule has 0 spiro atoms. The van der Waals surface area contributed by atoms with Gasteiger partial charge in [-0.3, -0.25) is 0 Å². The van der Waals surface area contributed by atoms with Crippen LogP contribution in [-0.4, -0.2) is 83.4 Å². The lowest BCUT2D eigenvalue weighted by molar-refractivity contribution is -0.0629. The number of ether oxygens (including phenoxy) is 1. The van der Waals surface area contributed by atoms with Crippen LogP contribution in [0, 0.1) is 12.7 Å². The second-order valence-corrected chi connectivity index (χ2v) is 8.76. The maximum Gasteiger partial charge on any atom is 0.191 e. The predicted molar refractivity (Wildman–Crippen MR) is 133 cm³/mol. The Hall–Kier alpha value is -2.38. The fraction of sp³-hybridized carbons (Fsp3) is 0.583. The molecule has 2 aliphatic carbocycles. The second-order valence-electron chi connectivity index (χ2n) is 7.99. The molecule has 0 bridgehead atoms. The van der Waals surface area contributed by atoms with Gasteiger partial charge in [0.25, 0.3) is 0 Å². The summed E-state index contributed by atoms with van der Waals surface area (Å²) in [5, 5.41) is 41.6. The van der Waals surface area contributed by atoms with Gasteiger partial charge in [0.15, 0.2) is 22.1 Å². The number of thioether (sulfide) groups is 1. The van der Waals surface area contributed by atoms with E-state index in [1.165, 1.54) is 6.07 Å². The third kappa shape index (κ3) is 4.92. The van der Waals surface area contributed by atoms with Crippen LogP contribution < -0.4 is 5.32 Å². The van der Waals surface area contributed by atoms with Gasteiger partial charge in [-0.2, -0.15) is 0 Å². The first kappa shape index (κ1) is 14.5. The highest BCUT2D eigenvalue weighted by Gasteiger charge is 2.45. The Morgan fingerprint density at radius 2 is 2.19 bits per heavy atom. The van der Waals surface area contributed by atoms with Gasteiger partial charge in [0.2, 0.25) is 0 Å². The summed E-state index contributed by atoms with van der Waals surface area (Å²) in [4.78, 5) is 8.33. The number of rotatable bonds is 10. The standard InChI is InChI=1S/C24H31FN6O4S/c1-3-8-36-24-27-22(26-16-10-14(16)13-5-4-12(2)15(25)9-13)19-23(28-24)31(30-29-19)17-11-18(35-7-6-32)21(34)20(17)33/h4-5,9,14,16-18,20-21,32-34H,3,6-8,10-11H2,1-2H3,(H,26,27,28)/t14-,16+,17+,18-,20-,21+/m0/s1/i3D2,7D2,8D2,11D2,17D,18D,20D,21D. The van der Waals surface area contributed by atoms with Gasteiger partial charge in [0.1, 0.15) is 18.0 Å². The van der Waals surface area contributed by atoms with Crippen LogP contribution >= 0.6 is 11.8 Å². The molecule has 6 atom stereocenters. The smallest absolute Gasteiger partial charge is 0.191 e. The number of nitrogens with zero attached hydrogens (tertiary/aromatic N) is 5. The van der Waals surface area contributed by atoms with Gasteiger partial charge in [-0.15, -0.1) is 5.10 Å². The number of aliphatic hydroxyl groups is 3. The fourth-order valence-electron chi connectivity index (χ4n) is 3.70. The highest BCUT2D eigenvalue weighted by molar-refractivity contribution is 7.99. The van der Waals surface area contributed by atoms with Gasteiger partial charge in [-0.05, 0) is 36.9 Å². The molecular formula is C24H31FN6O4S. The molecule has 1 aromatic carbocycles. The number of aryl methyl sites for hydroxylation is 1. The summed E-state index contributed by atoms with van der Waals surface area (Å²) >= 11 is 0.182. The molecule has 5 rings (SSSR count). The SMILES string of the molecule is [2H]C([2H])(CO)O[C@@]1([2H])C([2H])([2H])[C@@]([2H])(n2nnc3c(N[C@@H]4C[C@H]4c4ccc(C)c(F)c4)nc(SC([2H])([2H])C([2H])([2H])C)nc32)[C@]([2H])(O)[C@]1([2H])O. The van der Waals surface area contributed by atoms with E-state index in [1.807, 2.05) is 0 Å². The molecule has 194 valence electrons. The zero-order valence-corrected chi connectivity index (χ0v) is 19.9. The molecule has 3 aromatic rings. The van der Waals surface area contributed by atoms with E-state index in [0.29, 0.717) is 17.5 Å². The first-order chi connectivity index (χ1) is 21.7. The Morgan fingerprint density at radius 1 is 1.36 bits per heavy atom. The van der Waals surface area contributed by atoms with Crippen LogP contribution in [0.25, 0.3) is 11.2 Å². The first-order valence-corrected chi connectivity index (χ1v) is 11.6. The molecular weight excluding hydrogens is 487 g/mol. The summed E-state index contributed by atoms with van der Waals surface area (Å²) in [6.45, 7) is -2.27. The molecule has 2 aliphatic rings. The largest absolute Gasteiger partial charge is 0.394 e. The number of anilines is 1. The zero-order valence-electron chi connectivity index (χ0n) is 31.1. The molecule has 0 amide bonds. The molecule has 0 saturated heterocycles. The normalized spacial score (nSPS) is 43.3. The summed E-state index contributed by atoms with van der Waals surface area (Å²) in [6.07, 6.45) is -18.2. The van der Waals surface area contributed by atoms with Crippen LogP contribution in [0.3, 0.4) is 0 Å². The van der Waals surface area contributed by atoms with Gasteiger partial charge < -0.3 is 25.4 Å². The number of halogens is 1. The quantitative estimate of drug-likeness (QED) is 0.228. The molecule has 4 N–H and O–H groups in total. The van der Waals surface area contributed by atoms with Crippen molar-refractivity contribution in [2.24, 2.45) is 0 Å². The van der Waals surface area contributed by atoms with E-state index in [-0.39, 0.29) is 33.7 Å². The van der Waals surface area contributed by atoms with Crippen LogP contribution in [-0.2, 0) is 4.74 Å². The van der Waals surface area contributed by atoms with Crippen molar-refractivity contribution in [1.82, 2.24) is 25.0 Å². The highest BCUT2D eigenvalue weighted by atomic mass is 32.2. The van der Waals surface area contributed by atoms with Crippen LogP contribution in [0.5, 0.6) is 0 Å². The Morgan fingerprint density at radius 3 is 2.94 bits per heavy atom. The Labute approximate surface area is 229 Å². The summed E-state index contributed by atoms with van der Waals surface area (Å²) in [7, 11) is 0. The van der Waals surface area contributed by atoms with Crippen molar-refractivity contribution in [1.29, 1.82) is 0 Å². The van der Waals surface area contributed by atoms with Crippen molar-refractivity contribution < 1.29 is 40.9 Å². The Bertz CT molecular complexity index is 1760. The minimum Gasteiger partial charge on any atom is -0.394 e. The van der Waals surface area contributed by atoms with E-state index >= 15 is 0 Å². The summed E-state index contributed by atoms with van der Waals surface area (Å²) in [5.74, 6) is -0.869. The number of nitrogens with one attached hydrogen (secondary N) is 1. The summed E-state index contributed by atoms with van der Waals surface area (Å²) < 4.78 is 119. The average molecular weight is 531 g/mol. The van der Waals surface area contributed by atoms with E-state index in [4.69, 9.17) is 21.2 Å². The maximum atomic E-state index is 14.3. The molecule has 2 heterocycles. The van der Waals surface area contributed by atoms with Crippen molar-refractivity contribution in [3.8, 4) is 0 Å². The van der Waals surface area contributed by atoms with Crippen molar-refractivity contribution in [2.75, 3.05) is 24.2 Å². The second kappa shape index (κ2) is 10.5. The van der Waals surface area contributed by atoms with Crippen LogP contribution in [0.1, 0.15) is 65.6 Å². The Kier molecular flexibility index (Phi) is 4.25. The molecule has 36 heavy (non-hydrogen) atoms. The molecule has 2 fully saturated rings. The molecule has 0 unspecified atom stereocenters. The van der Waals surface area contributed by atoms with Crippen molar-refractivity contribution in [2.45, 2.75) is 74.4 Å². The summed E-state index contributed by atoms with van der Waals surface area (Å²) in [5.41, 5.74) is -2.68. The van der Waals surface area contributed by atoms with Gasteiger partial charge in [-0.25, -0.2) is 19.0 Å². The van der Waals surface area contributed by atoms with Crippen molar-refractivity contribution in [3.05, 3.63) is 35.1 Å². The van der Waals surface area contributed by atoms with Crippen molar-refractivity contribution >= 4 is 28.7 Å². The van der Waals surface area contributed by atoms with Crippen LogP contribution in [0.4, 0.5) is 10.2 Å². The maximum absolute atomic E-state index is 14.3. The number of fused-ring (bicyclic) bond motifs is 1. The van der Waals surface area contributed by atoms with E-state index < -0.39 is 78.5 Å². The van der Waals surface area contributed by atoms with Crippen LogP contribution in [0.15, 0.2) is 23.4 Å². The monoisotopic (exact) mass is 530 g/mol. The van der Waals surface area contributed by atoms with E-state index in [2.05, 4.69) is 25.6 Å². The zero-order chi connectivity index (χ0) is 36.3. The predicted octanol–water partition coefficient (Wildman–Crippen LogP) is 2.18. The van der Waals surface area contributed by atoms with Gasteiger partial charge in [-0.1, -0.05) is 36.0 Å². The number of benzene rings is 1. The van der Waals surface area contributed by atoms with Gasteiger partial charge >= 0.3 is 0 Å². The van der Waals surface area contributed by atoms with E-state index in [9.17, 15) is 19.7 Å². The number of hydrogen-bond acceptors (Lipinski definition) is 10. The molecule has 0 radical (unpaired) electrons. The third-order valence-corrected chi connectivity index (χ3v) is 6.28. The number of aliphatic hydroxyl groups excluding tert-OH is 1. The lowest BCUT2D eigenvalue weighted by Gasteiger charge is -2.17. The van der Waals surface area contributed by atoms with Crippen LogP contribution in [0.2, 0.25) is 0 Å². The third-order valence-electron chi connectivity index (χ3n) is 5.61. The Balaban J connectivity index is 1.68. The number of aromatic nitrogens is 5. The van der Waals surface area contributed by atoms with E-state index in [1.54, 1.807) is 19.1 Å². The minimum atomic E-state index is -4.15. The fourth-order valence-corrected chi connectivity index (χ4v) is 4.17. The average Bonchev–Trinajstić information content (AvgIpc) is 3.57. The van der Waals surface area contributed by atoms with Gasteiger partial charge in [0.05, 0.1) is 33.5 Å². The first-order valence-electron chi connectivity index (χ1n) is 16.8. The topological polar surface area (TPSA) is 138 Å². The molecule has 0 aliphatic heterocycles.